The van der Waals surface area contributed by atoms with E-state index >= 15 is 0 Å². The molecule has 8 heteroatoms. The Morgan fingerprint density at radius 1 is 1.14 bits per heavy atom. The molecule has 1 amide bonds. The fraction of sp³-hybridized carbons (Fsp3) is 0.308. The van der Waals surface area contributed by atoms with E-state index in [9.17, 15) is 4.79 Å². The van der Waals surface area contributed by atoms with Crippen molar-refractivity contribution in [3.8, 4) is 17.2 Å². The highest BCUT2D eigenvalue weighted by molar-refractivity contribution is 6.04. The zero-order valence-corrected chi connectivity index (χ0v) is 12.2. The third-order valence-electron chi connectivity index (χ3n) is 2.75. The van der Waals surface area contributed by atoms with Crippen LogP contribution in [0.4, 0.5) is 5.95 Å². The van der Waals surface area contributed by atoms with E-state index in [4.69, 9.17) is 14.2 Å². The van der Waals surface area contributed by atoms with Gasteiger partial charge < -0.3 is 14.2 Å². The van der Waals surface area contributed by atoms with Gasteiger partial charge in [-0.2, -0.15) is 4.98 Å². The topological polar surface area (TPSA) is 98.4 Å². The zero-order chi connectivity index (χ0) is 15.4. The van der Waals surface area contributed by atoms with Crippen LogP contribution in [0.25, 0.3) is 0 Å². The van der Waals surface area contributed by atoms with Crippen molar-refractivity contribution in [1.29, 1.82) is 0 Å². The molecule has 0 saturated heterocycles. The Bertz CT molecular complexity index is 628. The third-order valence-corrected chi connectivity index (χ3v) is 2.75. The number of rotatable bonds is 5. The Balaban J connectivity index is 2.32. The summed E-state index contributed by atoms with van der Waals surface area (Å²) in [5, 5.41) is 9.06. The first-order valence-electron chi connectivity index (χ1n) is 6.09. The predicted molar refractivity (Wildman–Crippen MR) is 75.2 cm³/mol. The summed E-state index contributed by atoms with van der Waals surface area (Å²) in [6, 6.07) is 3.10. The second-order valence-electron chi connectivity index (χ2n) is 4.11. The molecule has 112 valence electrons. The van der Waals surface area contributed by atoms with Crippen LogP contribution < -0.4 is 19.5 Å². The number of aryl methyl sites for hydroxylation is 1. The minimum absolute atomic E-state index is 0.200. The lowest BCUT2D eigenvalue weighted by atomic mass is 10.1. The first-order valence-corrected chi connectivity index (χ1v) is 6.09. The number of benzene rings is 1. The summed E-state index contributed by atoms with van der Waals surface area (Å²) < 4.78 is 15.6. The van der Waals surface area contributed by atoms with Crippen molar-refractivity contribution in [3.05, 3.63) is 23.5 Å². The van der Waals surface area contributed by atoms with Gasteiger partial charge in [0.25, 0.3) is 5.91 Å². The number of amides is 1. The summed E-state index contributed by atoms with van der Waals surface area (Å²) in [5.74, 6) is 1.64. The van der Waals surface area contributed by atoms with E-state index < -0.39 is 0 Å². The number of aromatic nitrogens is 3. The normalized spacial score (nSPS) is 10.1. The molecule has 0 spiro atoms. The standard InChI is InChI=1S/C13H16N4O4/c1-7-14-13(17-16-7)15-12(18)8-5-9(19-2)11(21-4)10(6-8)20-3/h5-6H,1-4H3,(H2,14,15,16,17,18). The highest BCUT2D eigenvalue weighted by atomic mass is 16.5. The summed E-state index contributed by atoms with van der Waals surface area (Å²) >= 11 is 0. The van der Waals surface area contributed by atoms with Crippen molar-refractivity contribution in [2.24, 2.45) is 0 Å². The van der Waals surface area contributed by atoms with Gasteiger partial charge in [0, 0.05) is 5.56 Å². The molecule has 1 aromatic heterocycles. The lowest BCUT2D eigenvalue weighted by Crippen LogP contribution is -2.13. The van der Waals surface area contributed by atoms with E-state index in [1.807, 2.05) is 0 Å². The smallest absolute Gasteiger partial charge is 0.258 e. The van der Waals surface area contributed by atoms with E-state index in [0.29, 0.717) is 28.6 Å². The van der Waals surface area contributed by atoms with Crippen LogP contribution in [0.15, 0.2) is 12.1 Å². The summed E-state index contributed by atoms with van der Waals surface area (Å²) in [6.07, 6.45) is 0. The van der Waals surface area contributed by atoms with Gasteiger partial charge in [-0.05, 0) is 19.1 Å². The third kappa shape index (κ3) is 3.04. The van der Waals surface area contributed by atoms with Gasteiger partial charge in [-0.15, -0.1) is 5.10 Å². The van der Waals surface area contributed by atoms with Crippen LogP contribution in [0, 0.1) is 6.92 Å². The number of aromatic amines is 1. The molecule has 1 aromatic carbocycles. The summed E-state index contributed by atoms with van der Waals surface area (Å²) in [7, 11) is 4.46. The summed E-state index contributed by atoms with van der Waals surface area (Å²) in [4.78, 5) is 16.2. The van der Waals surface area contributed by atoms with E-state index in [1.54, 1.807) is 19.1 Å². The van der Waals surface area contributed by atoms with Crippen molar-refractivity contribution in [2.45, 2.75) is 6.92 Å². The Morgan fingerprint density at radius 3 is 2.19 bits per heavy atom. The van der Waals surface area contributed by atoms with Crippen LogP contribution in [0.3, 0.4) is 0 Å². The monoisotopic (exact) mass is 292 g/mol. The van der Waals surface area contributed by atoms with Crippen LogP contribution >= 0.6 is 0 Å². The molecular weight excluding hydrogens is 276 g/mol. The number of hydrogen-bond acceptors (Lipinski definition) is 6. The summed E-state index contributed by atoms with van der Waals surface area (Å²) in [6.45, 7) is 1.74. The Kier molecular flexibility index (Phi) is 4.27. The second kappa shape index (κ2) is 6.12. The second-order valence-corrected chi connectivity index (χ2v) is 4.11. The first-order chi connectivity index (χ1) is 10.1. The molecule has 2 N–H and O–H groups in total. The van der Waals surface area contributed by atoms with Crippen molar-refractivity contribution in [3.63, 3.8) is 0 Å². The number of nitrogens with one attached hydrogen (secondary N) is 2. The van der Waals surface area contributed by atoms with Crippen LogP contribution in [0.1, 0.15) is 16.2 Å². The SMILES string of the molecule is COc1cc(C(=O)Nc2n[nH]c(C)n2)cc(OC)c1OC. The number of carbonyl (C=O) groups excluding carboxylic acids is 1. The highest BCUT2D eigenvalue weighted by Crippen LogP contribution is 2.38. The molecule has 8 nitrogen and oxygen atoms in total. The number of nitrogens with zero attached hydrogens (tertiary/aromatic N) is 2. The number of anilines is 1. The molecule has 0 saturated carbocycles. The van der Waals surface area contributed by atoms with Crippen LogP contribution in [0.2, 0.25) is 0 Å². The van der Waals surface area contributed by atoms with Crippen LogP contribution in [0.5, 0.6) is 17.2 Å². The van der Waals surface area contributed by atoms with E-state index in [0.717, 1.165) is 0 Å². The molecule has 0 bridgehead atoms. The van der Waals surface area contributed by atoms with E-state index in [1.165, 1.54) is 21.3 Å². The zero-order valence-electron chi connectivity index (χ0n) is 12.2. The molecule has 2 rings (SSSR count). The molecule has 1 heterocycles. The molecule has 0 aliphatic carbocycles. The van der Waals surface area contributed by atoms with Gasteiger partial charge >= 0.3 is 0 Å². The average Bonchev–Trinajstić information content (AvgIpc) is 2.90. The van der Waals surface area contributed by atoms with Crippen LogP contribution in [-0.2, 0) is 0 Å². The predicted octanol–water partition coefficient (Wildman–Crippen LogP) is 1.39. The van der Waals surface area contributed by atoms with Gasteiger partial charge in [-0.3, -0.25) is 15.2 Å². The number of methoxy groups -OCH3 is 3. The van der Waals surface area contributed by atoms with Gasteiger partial charge in [0.2, 0.25) is 11.7 Å². The fourth-order valence-electron chi connectivity index (χ4n) is 1.78. The Labute approximate surface area is 121 Å². The molecule has 0 radical (unpaired) electrons. The quantitative estimate of drug-likeness (QED) is 0.864. The van der Waals surface area contributed by atoms with Gasteiger partial charge in [-0.1, -0.05) is 0 Å². The number of ether oxygens (including phenoxy) is 3. The minimum Gasteiger partial charge on any atom is -0.493 e. The highest BCUT2D eigenvalue weighted by Gasteiger charge is 2.17. The van der Waals surface area contributed by atoms with Gasteiger partial charge in [0.1, 0.15) is 5.82 Å². The Hall–Kier alpha value is -2.77. The molecule has 0 aliphatic heterocycles. The lowest BCUT2D eigenvalue weighted by Gasteiger charge is -2.13. The van der Waals surface area contributed by atoms with E-state index in [-0.39, 0.29) is 11.9 Å². The van der Waals surface area contributed by atoms with Gasteiger partial charge in [0.15, 0.2) is 11.5 Å². The number of H-pyrrole nitrogens is 1. The molecule has 0 atom stereocenters. The maximum atomic E-state index is 12.2. The van der Waals surface area contributed by atoms with Crippen molar-refractivity contribution in [1.82, 2.24) is 15.2 Å². The summed E-state index contributed by atoms with van der Waals surface area (Å²) in [5.41, 5.74) is 0.340. The molecule has 0 unspecified atom stereocenters. The average molecular weight is 292 g/mol. The van der Waals surface area contributed by atoms with Crippen molar-refractivity contribution >= 4 is 11.9 Å². The van der Waals surface area contributed by atoms with Crippen LogP contribution in [-0.4, -0.2) is 42.4 Å². The van der Waals surface area contributed by atoms with Gasteiger partial charge in [0.05, 0.1) is 21.3 Å². The number of carbonyl (C=O) groups is 1. The first kappa shape index (κ1) is 14.6. The Morgan fingerprint density at radius 2 is 1.76 bits per heavy atom. The molecule has 2 aromatic rings. The number of hydrogen-bond donors (Lipinski definition) is 2. The molecule has 0 aliphatic rings. The van der Waals surface area contributed by atoms with Crippen molar-refractivity contribution in [2.75, 3.05) is 26.6 Å². The molecular formula is C13H16N4O4. The maximum Gasteiger partial charge on any atom is 0.258 e. The minimum atomic E-state index is -0.381. The van der Waals surface area contributed by atoms with Gasteiger partial charge in [-0.25, -0.2) is 0 Å². The fourth-order valence-corrected chi connectivity index (χ4v) is 1.78. The largest absolute Gasteiger partial charge is 0.493 e. The van der Waals surface area contributed by atoms with Crippen molar-refractivity contribution < 1.29 is 19.0 Å². The molecule has 0 fully saturated rings. The molecule has 21 heavy (non-hydrogen) atoms. The van der Waals surface area contributed by atoms with E-state index in [2.05, 4.69) is 20.5 Å². The maximum absolute atomic E-state index is 12.2. The lowest BCUT2D eigenvalue weighted by molar-refractivity contribution is 0.102.